The van der Waals surface area contributed by atoms with E-state index in [4.69, 9.17) is 28.4 Å². The molecule has 6 N–H and O–H groups in total. The number of rotatable bonds is 12. The number of aliphatic hydroxyl groups excluding tert-OH is 6. The van der Waals surface area contributed by atoms with Crippen molar-refractivity contribution in [1.82, 2.24) is 0 Å². The Morgan fingerprint density at radius 2 is 1.45 bits per heavy atom. The van der Waals surface area contributed by atoms with Gasteiger partial charge in [0.05, 0.1) is 37.6 Å². The van der Waals surface area contributed by atoms with Crippen LogP contribution >= 0.6 is 0 Å². The van der Waals surface area contributed by atoms with Crippen LogP contribution in [0.15, 0.2) is 0 Å². The summed E-state index contributed by atoms with van der Waals surface area (Å²) in [6.07, 6.45) is -1.75. The molecule has 6 fully saturated rings. The molecule has 6 rings (SSSR count). The lowest BCUT2D eigenvalue weighted by Gasteiger charge is -2.69. The average Bonchev–Trinajstić information content (AvgIpc) is 3.52. The molecule has 0 amide bonds. The van der Waals surface area contributed by atoms with Crippen molar-refractivity contribution in [2.45, 2.75) is 180 Å². The largest absolute Gasteiger partial charge is 0.394 e. The zero-order valence-corrected chi connectivity index (χ0v) is 33.7. The third-order valence-corrected chi connectivity index (χ3v) is 16.8. The minimum Gasteiger partial charge on any atom is -0.394 e. The Morgan fingerprint density at radius 1 is 0.755 bits per heavy atom. The van der Waals surface area contributed by atoms with Crippen molar-refractivity contribution in [3.8, 4) is 0 Å². The second-order valence-electron chi connectivity index (χ2n) is 19.2. The van der Waals surface area contributed by atoms with E-state index in [1.165, 1.54) is 14.2 Å². The minimum absolute atomic E-state index is 0.0754. The van der Waals surface area contributed by atoms with Gasteiger partial charge in [0.15, 0.2) is 12.6 Å². The van der Waals surface area contributed by atoms with Gasteiger partial charge in [0, 0.05) is 25.0 Å². The van der Waals surface area contributed by atoms with Crippen LogP contribution < -0.4 is 0 Å². The molecular formula is C41H72O12. The maximum atomic E-state index is 12.1. The van der Waals surface area contributed by atoms with Crippen LogP contribution in [-0.2, 0) is 28.4 Å². The van der Waals surface area contributed by atoms with Crippen molar-refractivity contribution < 1.29 is 59.1 Å². The van der Waals surface area contributed by atoms with Gasteiger partial charge in [-0.3, -0.25) is 0 Å². The second-order valence-corrected chi connectivity index (χ2v) is 19.2. The van der Waals surface area contributed by atoms with Crippen LogP contribution in [0, 0.1) is 51.2 Å². The van der Waals surface area contributed by atoms with Gasteiger partial charge in [-0.05, 0) is 98.2 Å². The molecule has 2 saturated heterocycles. The molecule has 20 unspecified atom stereocenters. The van der Waals surface area contributed by atoms with Gasteiger partial charge >= 0.3 is 0 Å². The summed E-state index contributed by atoms with van der Waals surface area (Å²) in [5.41, 5.74) is -0.854. The van der Waals surface area contributed by atoms with Crippen LogP contribution in [0.3, 0.4) is 0 Å². The SMILES string of the molecule is COC1COC(OC2C(OC(CCC(C)C3CC(O)C4(C)C5CC(O)C6(C)CC(O)CCC6(C)C5CCC34C)C(C)C)OC(CO)C2O)C(OC)C1O. The molecule has 0 radical (unpaired) electrons. The lowest BCUT2D eigenvalue weighted by molar-refractivity contribution is -0.313. The smallest absolute Gasteiger partial charge is 0.187 e. The Kier molecular flexibility index (Phi) is 12.5. The van der Waals surface area contributed by atoms with Crippen molar-refractivity contribution in [2.24, 2.45) is 51.2 Å². The molecule has 2 aliphatic heterocycles. The standard InChI is InChI=1S/C41H72O12/c1-21(2)27(51-37-35(32(46)28(19-42)52-37)53-36-34(49-9)33(47)29(48-8)20-50-36)11-10-22(3)25-16-31(45)41(7)26-17-30(44)40(6)18-23(43)12-14-38(40,4)24(26)13-15-39(25,41)5/h21-37,42-47H,10-20H2,1-9H3. The number of hydrogen-bond donors (Lipinski definition) is 6. The minimum atomic E-state index is -1.19. The fraction of sp³-hybridized carbons (Fsp3) is 1.00. The lowest BCUT2D eigenvalue weighted by atomic mass is 9.36. The number of methoxy groups -OCH3 is 2. The highest BCUT2D eigenvalue weighted by Crippen LogP contribution is 2.75. The van der Waals surface area contributed by atoms with E-state index in [0.29, 0.717) is 24.7 Å². The summed E-state index contributed by atoms with van der Waals surface area (Å²) in [6.45, 7) is 15.4. The van der Waals surface area contributed by atoms with E-state index in [-0.39, 0.29) is 58.2 Å². The van der Waals surface area contributed by atoms with Gasteiger partial charge in [-0.15, -0.1) is 0 Å². The predicted molar refractivity (Wildman–Crippen MR) is 195 cm³/mol. The van der Waals surface area contributed by atoms with Crippen LogP contribution in [0.5, 0.6) is 0 Å². The molecule has 12 nitrogen and oxygen atoms in total. The van der Waals surface area contributed by atoms with E-state index >= 15 is 0 Å². The zero-order chi connectivity index (χ0) is 38.8. The Balaban J connectivity index is 1.14. The van der Waals surface area contributed by atoms with E-state index in [2.05, 4.69) is 48.5 Å². The number of aliphatic hydroxyl groups is 6. The molecule has 0 aromatic carbocycles. The van der Waals surface area contributed by atoms with Gasteiger partial charge in [0.2, 0.25) is 0 Å². The molecule has 0 aromatic rings. The third-order valence-electron chi connectivity index (χ3n) is 16.8. The topological polar surface area (TPSA) is 177 Å². The Hall–Kier alpha value is -0.480. The van der Waals surface area contributed by atoms with Crippen LogP contribution in [-0.4, -0.2) is 132 Å². The highest BCUT2D eigenvalue weighted by Gasteiger charge is 2.72. The summed E-state index contributed by atoms with van der Waals surface area (Å²) in [5.74, 6) is 1.29. The van der Waals surface area contributed by atoms with Gasteiger partial charge in [0.25, 0.3) is 0 Å². The monoisotopic (exact) mass is 757 g/mol. The summed E-state index contributed by atoms with van der Waals surface area (Å²) in [6, 6.07) is 0. The molecule has 53 heavy (non-hydrogen) atoms. The normalized spacial score (nSPS) is 52.5. The van der Waals surface area contributed by atoms with Gasteiger partial charge in [0.1, 0.15) is 36.6 Å². The zero-order valence-electron chi connectivity index (χ0n) is 33.7. The van der Waals surface area contributed by atoms with E-state index in [1.807, 2.05) is 0 Å². The first-order valence-electron chi connectivity index (χ1n) is 20.6. The third kappa shape index (κ3) is 6.78. The molecular weight excluding hydrogens is 684 g/mol. The van der Waals surface area contributed by atoms with Crippen molar-refractivity contribution in [1.29, 1.82) is 0 Å². The lowest BCUT2D eigenvalue weighted by Crippen LogP contribution is -2.66. The van der Waals surface area contributed by atoms with Gasteiger partial charge in [-0.25, -0.2) is 0 Å². The molecule has 20 atom stereocenters. The Morgan fingerprint density at radius 3 is 2.09 bits per heavy atom. The number of hydrogen-bond acceptors (Lipinski definition) is 12. The molecule has 6 aliphatic rings. The quantitative estimate of drug-likeness (QED) is 0.172. The molecule has 0 bridgehead atoms. The first kappa shape index (κ1) is 42.1. The maximum absolute atomic E-state index is 12.1. The first-order chi connectivity index (χ1) is 24.9. The van der Waals surface area contributed by atoms with Crippen molar-refractivity contribution >= 4 is 0 Å². The van der Waals surface area contributed by atoms with Gasteiger partial charge in [-0.1, -0.05) is 48.5 Å². The van der Waals surface area contributed by atoms with Crippen molar-refractivity contribution in [2.75, 3.05) is 27.4 Å². The fourth-order valence-corrected chi connectivity index (χ4v) is 12.9. The van der Waals surface area contributed by atoms with E-state index in [1.54, 1.807) is 0 Å². The first-order valence-corrected chi connectivity index (χ1v) is 20.6. The van der Waals surface area contributed by atoms with Gasteiger partial charge < -0.3 is 59.1 Å². The van der Waals surface area contributed by atoms with Crippen LogP contribution in [0.4, 0.5) is 0 Å². The Labute approximate surface area is 317 Å². The van der Waals surface area contributed by atoms with Crippen LogP contribution in [0.25, 0.3) is 0 Å². The number of fused-ring (bicyclic) bond motifs is 5. The number of ether oxygens (including phenoxy) is 6. The predicted octanol–water partition coefficient (Wildman–Crippen LogP) is 3.40. The molecule has 0 aromatic heterocycles. The van der Waals surface area contributed by atoms with E-state index in [9.17, 15) is 30.6 Å². The van der Waals surface area contributed by atoms with Crippen LogP contribution in [0.2, 0.25) is 0 Å². The van der Waals surface area contributed by atoms with Crippen molar-refractivity contribution in [3.63, 3.8) is 0 Å². The van der Waals surface area contributed by atoms with Crippen LogP contribution in [0.1, 0.15) is 106 Å². The van der Waals surface area contributed by atoms with Crippen molar-refractivity contribution in [3.05, 3.63) is 0 Å². The molecule has 12 heteroatoms. The Bertz CT molecular complexity index is 1240. The summed E-state index contributed by atoms with van der Waals surface area (Å²) < 4.78 is 35.6. The summed E-state index contributed by atoms with van der Waals surface area (Å²) in [5, 5.41) is 66.5. The molecule has 4 aliphatic carbocycles. The van der Waals surface area contributed by atoms with Gasteiger partial charge in [-0.2, -0.15) is 0 Å². The van der Waals surface area contributed by atoms with E-state index in [0.717, 1.165) is 44.9 Å². The second kappa shape index (κ2) is 15.7. The fourth-order valence-electron chi connectivity index (χ4n) is 12.9. The average molecular weight is 757 g/mol. The highest BCUT2D eigenvalue weighted by atomic mass is 16.8. The van der Waals surface area contributed by atoms with E-state index < -0.39 is 68.0 Å². The summed E-state index contributed by atoms with van der Waals surface area (Å²) >= 11 is 0. The summed E-state index contributed by atoms with van der Waals surface area (Å²) in [7, 11) is 2.93. The summed E-state index contributed by atoms with van der Waals surface area (Å²) in [4.78, 5) is 0. The molecule has 2 heterocycles. The molecule has 308 valence electrons. The molecule has 0 spiro atoms. The molecule has 4 saturated carbocycles. The highest BCUT2D eigenvalue weighted by molar-refractivity contribution is 5.20. The maximum Gasteiger partial charge on any atom is 0.187 e.